The molecular weight excluding hydrogens is 136 g/mol. The summed E-state index contributed by atoms with van der Waals surface area (Å²) in [5, 5.41) is 0. The topological polar surface area (TPSA) is 52.0 Å². The lowest BCUT2D eigenvalue weighted by Gasteiger charge is -2.05. The Morgan fingerprint density at radius 1 is 1.09 bits per heavy atom. The molecule has 0 saturated heterocycles. The fourth-order valence-electron chi connectivity index (χ4n) is 1.14. The average molecular weight is 150 g/mol. The van der Waals surface area contributed by atoms with E-state index in [0.717, 1.165) is 11.1 Å². The maximum atomic E-state index is 5.54. The van der Waals surface area contributed by atoms with Crippen LogP contribution in [0.4, 0.5) is 0 Å². The van der Waals surface area contributed by atoms with Gasteiger partial charge in [0.15, 0.2) is 0 Å². The first kappa shape index (κ1) is 8.24. The molecule has 1 aromatic carbocycles. The summed E-state index contributed by atoms with van der Waals surface area (Å²) in [5.74, 6) is 0. The van der Waals surface area contributed by atoms with Crippen LogP contribution in [0.15, 0.2) is 18.2 Å². The van der Waals surface area contributed by atoms with Crippen LogP contribution in [-0.4, -0.2) is 0 Å². The van der Waals surface area contributed by atoms with Gasteiger partial charge >= 0.3 is 0 Å². The number of rotatable bonds is 2. The van der Waals surface area contributed by atoms with Crippen LogP contribution in [-0.2, 0) is 13.1 Å². The molecule has 0 heterocycles. The van der Waals surface area contributed by atoms with Crippen LogP contribution in [0.2, 0.25) is 0 Å². The Kier molecular flexibility index (Phi) is 2.63. The van der Waals surface area contributed by atoms with Crippen LogP contribution in [0.25, 0.3) is 0 Å². The first-order valence-corrected chi connectivity index (χ1v) is 3.76. The Morgan fingerprint density at radius 2 is 1.73 bits per heavy atom. The second kappa shape index (κ2) is 3.51. The second-order valence-electron chi connectivity index (χ2n) is 2.68. The lowest BCUT2D eigenvalue weighted by molar-refractivity contribution is 0.976. The summed E-state index contributed by atoms with van der Waals surface area (Å²) in [6, 6.07) is 6.18. The van der Waals surface area contributed by atoms with E-state index in [2.05, 4.69) is 19.1 Å². The van der Waals surface area contributed by atoms with Gasteiger partial charge in [-0.25, -0.2) is 0 Å². The van der Waals surface area contributed by atoms with Crippen LogP contribution >= 0.6 is 0 Å². The first-order valence-electron chi connectivity index (χ1n) is 3.76. The highest BCUT2D eigenvalue weighted by molar-refractivity contribution is 5.31. The summed E-state index contributed by atoms with van der Waals surface area (Å²) < 4.78 is 0. The maximum Gasteiger partial charge on any atom is 0.0181 e. The largest absolute Gasteiger partial charge is 0.326 e. The monoisotopic (exact) mass is 150 g/mol. The highest BCUT2D eigenvalue weighted by Gasteiger charge is 1.97. The average Bonchev–Trinajstić information content (AvgIpc) is 2.04. The maximum absolute atomic E-state index is 5.54. The van der Waals surface area contributed by atoms with Crippen molar-refractivity contribution in [1.82, 2.24) is 0 Å². The minimum atomic E-state index is 0.576. The van der Waals surface area contributed by atoms with Gasteiger partial charge in [0.2, 0.25) is 0 Å². The molecule has 0 unspecified atom stereocenters. The van der Waals surface area contributed by atoms with Gasteiger partial charge in [0, 0.05) is 13.1 Å². The summed E-state index contributed by atoms with van der Waals surface area (Å²) in [6.45, 7) is 3.21. The Hall–Kier alpha value is -0.860. The zero-order chi connectivity index (χ0) is 8.27. The highest BCUT2D eigenvalue weighted by Crippen LogP contribution is 2.09. The molecule has 4 N–H and O–H groups in total. The van der Waals surface area contributed by atoms with Gasteiger partial charge in [0.25, 0.3) is 0 Å². The van der Waals surface area contributed by atoms with Crippen molar-refractivity contribution < 1.29 is 0 Å². The molecule has 0 radical (unpaired) electrons. The van der Waals surface area contributed by atoms with Crippen LogP contribution < -0.4 is 11.5 Å². The molecule has 1 rings (SSSR count). The Bertz CT molecular complexity index is 243. The highest BCUT2D eigenvalue weighted by atomic mass is 14.6. The lowest BCUT2D eigenvalue weighted by atomic mass is 10.0. The van der Waals surface area contributed by atoms with E-state index < -0.39 is 0 Å². The molecule has 60 valence electrons. The van der Waals surface area contributed by atoms with Crippen LogP contribution in [0.5, 0.6) is 0 Å². The summed E-state index contributed by atoms with van der Waals surface area (Å²) in [5.41, 5.74) is 14.6. The van der Waals surface area contributed by atoms with Gasteiger partial charge in [-0.3, -0.25) is 0 Å². The standard InChI is InChI=1S/C9H14N2/c1-7-2-3-8(5-10)9(4-7)6-11/h2-4H,5-6,10-11H2,1H3. The Labute approximate surface area is 67.2 Å². The molecule has 2 heteroatoms. The molecule has 2 nitrogen and oxygen atoms in total. The Balaban J connectivity index is 3.06. The van der Waals surface area contributed by atoms with Crippen molar-refractivity contribution >= 4 is 0 Å². The third kappa shape index (κ3) is 1.79. The van der Waals surface area contributed by atoms with Crippen molar-refractivity contribution in [2.24, 2.45) is 11.5 Å². The van der Waals surface area contributed by atoms with Crippen molar-refractivity contribution in [2.45, 2.75) is 20.0 Å². The Morgan fingerprint density at radius 3 is 2.27 bits per heavy atom. The minimum Gasteiger partial charge on any atom is -0.326 e. The first-order chi connectivity index (χ1) is 5.27. The number of nitrogens with two attached hydrogens (primary N) is 2. The summed E-state index contributed by atoms with van der Waals surface area (Å²) >= 11 is 0. The van der Waals surface area contributed by atoms with Crippen molar-refractivity contribution in [3.8, 4) is 0 Å². The molecule has 0 spiro atoms. The van der Waals surface area contributed by atoms with E-state index in [0.29, 0.717) is 13.1 Å². The third-order valence-electron chi connectivity index (χ3n) is 1.80. The van der Waals surface area contributed by atoms with Crippen LogP contribution in [0, 0.1) is 6.92 Å². The van der Waals surface area contributed by atoms with E-state index in [1.165, 1.54) is 5.56 Å². The number of hydrogen-bond donors (Lipinski definition) is 2. The quantitative estimate of drug-likeness (QED) is 0.658. The van der Waals surface area contributed by atoms with Crippen LogP contribution in [0.1, 0.15) is 16.7 Å². The fraction of sp³-hybridized carbons (Fsp3) is 0.333. The van der Waals surface area contributed by atoms with Crippen LogP contribution in [0.3, 0.4) is 0 Å². The predicted molar refractivity (Wildman–Crippen MR) is 47.0 cm³/mol. The van der Waals surface area contributed by atoms with E-state index in [4.69, 9.17) is 11.5 Å². The third-order valence-corrected chi connectivity index (χ3v) is 1.80. The number of aryl methyl sites for hydroxylation is 1. The lowest BCUT2D eigenvalue weighted by Crippen LogP contribution is -2.05. The smallest absolute Gasteiger partial charge is 0.0181 e. The molecule has 0 aliphatic carbocycles. The zero-order valence-electron chi connectivity index (χ0n) is 6.80. The fourth-order valence-corrected chi connectivity index (χ4v) is 1.14. The molecule has 0 aliphatic rings. The molecule has 0 atom stereocenters. The van der Waals surface area contributed by atoms with Gasteiger partial charge in [0.05, 0.1) is 0 Å². The van der Waals surface area contributed by atoms with Gasteiger partial charge in [-0.2, -0.15) is 0 Å². The molecule has 11 heavy (non-hydrogen) atoms. The van der Waals surface area contributed by atoms with Crippen molar-refractivity contribution in [3.05, 3.63) is 34.9 Å². The number of benzene rings is 1. The van der Waals surface area contributed by atoms with E-state index in [1.54, 1.807) is 0 Å². The molecular formula is C9H14N2. The van der Waals surface area contributed by atoms with Crippen molar-refractivity contribution in [1.29, 1.82) is 0 Å². The number of hydrogen-bond acceptors (Lipinski definition) is 2. The molecule has 0 aromatic heterocycles. The minimum absolute atomic E-state index is 0.576. The van der Waals surface area contributed by atoms with Gasteiger partial charge in [-0.1, -0.05) is 23.8 Å². The molecule has 0 amide bonds. The van der Waals surface area contributed by atoms with E-state index >= 15 is 0 Å². The summed E-state index contributed by atoms with van der Waals surface area (Å²) in [6.07, 6.45) is 0. The summed E-state index contributed by atoms with van der Waals surface area (Å²) in [4.78, 5) is 0. The molecule has 0 saturated carbocycles. The van der Waals surface area contributed by atoms with E-state index in [1.807, 2.05) is 6.07 Å². The van der Waals surface area contributed by atoms with E-state index in [-0.39, 0.29) is 0 Å². The summed E-state index contributed by atoms with van der Waals surface area (Å²) in [7, 11) is 0. The van der Waals surface area contributed by atoms with Gasteiger partial charge in [-0.15, -0.1) is 0 Å². The van der Waals surface area contributed by atoms with E-state index in [9.17, 15) is 0 Å². The molecule has 0 aliphatic heterocycles. The molecule has 0 fully saturated rings. The normalized spacial score (nSPS) is 10.1. The SMILES string of the molecule is Cc1ccc(CN)c(CN)c1. The molecule has 0 bridgehead atoms. The molecule has 1 aromatic rings. The zero-order valence-corrected chi connectivity index (χ0v) is 6.80. The van der Waals surface area contributed by atoms with Gasteiger partial charge in [0.1, 0.15) is 0 Å². The van der Waals surface area contributed by atoms with Crippen molar-refractivity contribution in [2.75, 3.05) is 0 Å². The second-order valence-corrected chi connectivity index (χ2v) is 2.68. The van der Waals surface area contributed by atoms with Crippen molar-refractivity contribution in [3.63, 3.8) is 0 Å². The van der Waals surface area contributed by atoms with Gasteiger partial charge < -0.3 is 11.5 Å². The predicted octanol–water partition coefficient (Wildman–Crippen LogP) is 0.912. The van der Waals surface area contributed by atoms with Gasteiger partial charge in [-0.05, 0) is 18.1 Å².